The first-order chi connectivity index (χ1) is 6.63. The molecule has 3 nitrogen and oxygen atoms in total. The second-order valence-corrected chi connectivity index (χ2v) is 3.65. The van der Waals surface area contributed by atoms with E-state index < -0.39 is 0 Å². The highest BCUT2D eigenvalue weighted by Crippen LogP contribution is 2.22. The fourth-order valence-electron chi connectivity index (χ4n) is 0.815. The Morgan fingerprint density at radius 3 is 2.93 bits per heavy atom. The Balaban J connectivity index is 2.89. The summed E-state index contributed by atoms with van der Waals surface area (Å²) in [4.78, 5) is 5.17. The molecule has 14 heavy (non-hydrogen) atoms. The standard InChI is InChI=1S/C10H9BrN2O/c1-7(2)13-14-10-5-9(11)4-3-8(10)6-12/h3-5,13H,1H2,2H3. The molecule has 0 fully saturated rings. The molecule has 72 valence electrons. The predicted molar refractivity (Wildman–Crippen MR) is 57.4 cm³/mol. The van der Waals surface area contributed by atoms with E-state index >= 15 is 0 Å². The fourth-order valence-corrected chi connectivity index (χ4v) is 1.16. The molecule has 0 aromatic heterocycles. The predicted octanol–water partition coefficient (Wildman–Crippen LogP) is 2.74. The molecular weight excluding hydrogens is 244 g/mol. The van der Waals surface area contributed by atoms with Crippen molar-refractivity contribution in [3.8, 4) is 11.8 Å². The summed E-state index contributed by atoms with van der Waals surface area (Å²) in [5, 5.41) is 8.78. The van der Waals surface area contributed by atoms with Crippen LogP contribution in [-0.2, 0) is 0 Å². The van der Waals surface area contributed by atoms with Crippen molar-refractivity contribution in [3.05, 3.63) is 40.5 Å². The molecule has 0 saturated heterocycles. The van der Waals surface area contributed by atoms with E-state index in [2.05, 4.69) is 28.0 Å². The van der Waals surface area contributed by atoms with Crippen LogP contribution < -0.4 is 10.3 Å². The zero-order chi connectivity index (χ0) is 10.6. The Labute approximate surface area is 91.1 Å². The third kappa shape index (κ3) is 2.79. The van der Waals surface area contributed by atoms with Crippen molar-refractivity contribution in [3.63, 3.8) is 0 Å². The number of nitriles is 1. The van der Waals surface area contributed by atoms with E-state index in [1.165, 1.54) is 0 Å². The summed E-state index contributed by atoms with van der Waals surface area (Å²) < 4.78 is 0.856. The number of hydroxylamine groups is 1. The number of nitrogens with zero attached hydrogens (tertiary/aromatic N) is 1. The third-order valence-corrected chi connectivity index (χ3v) is 1.89. The van der Waals surface area contributed by atoms with Gasteiger partial charge in [0.1, 0.15) is 6.07 Å². The minimum absolute atomic E-state index is 0.474. The van der Waals surface area contributed by atoms with Gasteiger partial charge in [0, 0.05) is 10.2 Å². The van der Waals surface area contributed by atoms with Crippen molar-refractivity contribution in [1.82, 2.24) is 5.48 Å². The minimum atomic E-state index is 0.474. The van der Waals surface area contributed by atoms with Crippen molar-refractivity contribution in [2.45, 2.75) is 6.92 Å². The van der Waals surface area contributed by atoms with Crippen molar-refractivity contribution >= 4 is 15.9 Å². The molecule has 0 bridgehead atoms. The Morgan fingerprint density at radius 1 is 1.64 bits per heavy atom. The van der Waals surface area contributed by atoms with Crippen LogP contribution in [0.15, 0.2) is 34.9 Å². The molecule has 0 amide bonds. The number of allylic oxidation sites excluding steroid dienone is 1. The Morgan fingerprint density at radius 2 is 2.36 bits per heavy atom. The van der Waals surface area contributed by atoms with Gasteiger partial charge in [-0.1, -0.05) is 22.5 Å². The molecule has 0 atom stereocenters. The molecule has 1 aromatic rings. The van der Waals surface area contributed by atoms with Gasteiger partial charge in [0.05, 0.1) is 5.56 Å². The average molecular weight is 253 g/mol. The van der Waals surface area contributed by atoms with Crippen molar-refractivity contribution in [2.75, 3.05) is 0 Å². The first-order valence-electron chi connectivity index (χ1n) is 3.91. The van der Waals surface area contributed by atoms with Gasteiger partial charge in [0.25, 0.3) is 0 Å². The lowest BCUT2D eigenvalue weighted by Gasteiger charge is -2.08. The Bertz CT molecular complexity index is 396. The SMILES string of the molecule is C=C(C)NOc1cc(Br)ccc1C#N. The molecule has 0 aliphatic carbocycles. The van der Waals surface area contributed by atoms with Crippen LogP contribution in [0.25, 0.3) is 0 Å². The van der Waals surface area contributed by atoms with Gasteiger partial charge in [-0.2, -0.15) is 5.26 Å². The molecule has 0 saturated carbocycles. The molecule has 0 heterocycles. The molecule has 1 N–H and O–H groups in total. The molecule has 4 heteroatoms. The van der Waals surface area contributed by atoms with Crippen LogP contribution in [0.1, 0.15) is 12.5 Å². The lowest BCUT2D eigenvalue weighted by Crippen LogP contribution is -2.15. The molecule has 1 rings (SSSR count). The molecular formula is C10H9BrN2O. The Kier molecular flexibility index (Phi) is 3.55. The smallest absolute Gasteiger partial charge is 0.173 e. The molecule has 0 spiro atoms. The van der Waals surface area contributed by atoms with Crippen molar-refractivity contribution in [2.24, 2.45) is 0 Å². The van der Waals surface area contributed by atoms with Crippen LogP contribution in [0.2, 0.25) is 0 Å². The van der Waals surface area contributed by atoms with Gasteiger partial charge >= 0.3 is 0 Å². The molecule has 0 radical (unpaired) electrons. The van der Waals surface area contributed by atoms with Gasteiger partial charge in [-0.25, -0.2) is 5.48 Å². The van der Waals surface area contributed by atoms with Crippen LogP contribution in [0.4, 0.5) is 0 Å². The first-order valence-corrected chi connectivity index (χ1v) is 4.71. The number of nitrogens with one attached hydrogen (secondary N) is 1. The Hall–Kier alpha value is -1.47. The van der Waals surface area contributed by atoms with Crippen LogP contribution in [0.3, 0.4) is 0 Å². The summed E-state index contributed by atoms with van der Waals surface area (Å²) in [7, 11) is 0. The largest absolute Gasteiger partial charge is 0.381 e. The van der Waals surface area contributed by atoms with E-state index in [1.54, 1.807) is 25.1 Å². The topological polar surface area (TPSA) is 45.0 Å². The highest BCUT2D eigenvalue weighted by Gasteiger charge is 2.03. The van der Waals surface area contributed by atoms with E-state index in [1.807, 2.05) is 6.07 Å². The van der Waals surface area contributed by atoms with E-state index in [4.69, 9.17) is 10.1 Å². The normalized spacial score (nSPS) is 8.93. The van der Waals surface area contributed by atoms with Crippen LogP contribution >= 0.6 is 15.9 Å². The molecule has 0 aliphatic heterocycles. The van der Waals surface area contributed by atoms with Crippen molar-refractivity contribution < 1.29 is 4.84 Å². The lowest BCUT2D eigenvalue weighted by atomic mass is 10.2. The minimum Gasteiger partial charge on any atom is -0.381 e. The number of benzene rings is 1. The zero-order valence-electron chi connectivity index (χ0n) is 7.67. The van der Waals surface area contributed by atoms with Crippen LogP contribution in [0, 0.1) is 11.3 Å². The second-order valence-electron chi connectivity index (χ2n) is 2.74. The average Bonchev–Trinajstić information content (AvgIpc) is 2.15. The lowest BCUT2D eigenvalue weighted by molar-refractivity contribution is 0.229. The van der Waals surface area contributed by atoms with Gasteiger partial charge in [0.15, 0.2) is 5.75 Å². The van der Waals surface area contributed by atoms with Gasteiger partial charge in [0.2, 0.25) is 0 Å². The van der Waals surface area contributed by atoms with Crippen molar-refractivity contribution in [1.29, 1.82) is 5.26 Å². The number of halogens is 1. The van der Waals surface area contributed by atoms with Gasteiger partial charge in [-0.3, -0.25) is 0 Å². The summed E-state index contributed by atoms with van der Waals surface area (Å²) in [6.07, 6.45) is 0. The summed E-state index contributed by atoms with van der Waals surface area (Å²) in [6, 6.07) is 7.21. The monoisotopic (exact) mass is 252 g/mol. The molecule has 1 aromatic carbocycles. The number of hydrogen-bond acceptors (Lipinski definition) is 3. The summed E-state index contributed by atoms with van der Waals surface area (Å²) in [5.74, 6) is 0.477. The quantitative estimate of drug-likeness (QED) is 0.842. The van der Waals surface area contributed by atoms with Gasteiger partial charge in [-0.05, 0) is 25.1 Å². The molecule has 0 aliphatic rings. The van der Waals surface area contributed by atoms with Crippen LogP contribution in [-0.4, -0.2) is 0 Å². The van der Waals surface area contributed by atoms with E-state index in [9.17, 15) is 0 Å². The van der Waals surface area contributed by atoms with E-state index in [-0.39, 0.29) is 0 Å². The number of hydrogen-bond donors (Lipinski definition) is 1. The number of rotatable bonds is 3. The fraction of sp³-hybridized carbons (Fsp3) is 0.100. The highest BCUT2D eigenvalue weighted by molar-refractivity contribution is 9.10. The maximum Gasteiger partial charge on any atom is 0.173 e. The maximum absolute atomic E-state index is 8.78. The van der Waals surface area contributed by atoms with Crippen LogP contribution in [0.5, 0.6) is 5.75 Å². The zero-order valence-corrected chi connectivity index (χ0v) is 9.26. The van der Waals surface area contributed by atoms with E-state index in [0.29, 0.717) is 17.0 Å². The first kappa shape index (κ1) is 10.6. The second kappa shape index (κ2) is 4.68. The maximum atomic E-state index is 8.78. The van der Waals surface area contributed by atoms with Gasteiger partial charge < -0.3 is 4.84 Å². The van der Waals surface area contributed by atoms with Gasteiger partial charge in [-0.15, -0.1) is 0 Å². The molecule has 0 unspecified atom stereocenters. The third-order valence-electron chi connectivity index (χ3n) is 1.40. The summed E-state index contributed by atoms with van der Waals surface area (Å²) in [6.45, 7) is 5.39. The van der Waals surface area contributed by atoms with E-state index in [0.717, 1.165) is 4.47 Å². The summed E-state index contributed by atoms with van der Waals surface area (Å²) in [5.41, 5.74) is 3.75. The summed E-state index contributed by atoms with van der Waals surface area (Å²) >= 11 is 3.29. The highest BCUT2D eigenvalue weighted by atomic mass is 79.9.